The number of alkyl halides is 2. The molecule has 1 aliphatic carbocycles. The largest absolute Gasteiger partial charge is 0.496 e. The van der Waals surface area contributed by atoms with Crippen LogP contribution in [0, 0.1) is 12.8 Å². The van der Waals surface area contributed by atoms with Crippen molar-refractivity contribution in [3.05, 3.63) is 52.0 Å². The third-order valence-corrected chi connectivity index (χ3v) is 8.96. The zero-order chi connectivity index (χ0) is 24.6. The summed E-state index contributed by atoms with van der Waals surface area (Å²) in [6.07, 6.45) is 9.80. The van der Waals surface area contributed by atoms with Gasteiger partial charge in [-0.05, 0) is 51.5 Å². The normalized spacial score (nSPS) is 17.0. The summed E-state index contributed by atoms with van der Waals surface area (Å²) < 4.78 is 7.87. The van der Waals surface area contributed by atoms with Gasteiger partial charge in [0.25, 0.3) is 11.5 Å². The third kappa shape index (κ3) is 5.12. The molecule has 1 N–H and O–H groups in total. The van der Waals surface area contributed by atoms with Crippen molar-refractivity contribution in [2.24, 2.45) is 5.92 Å². The number of hydrogen-bond acceptors (Lipinski definition) is 5. The predicted octanol–water partition coefficient (Wildman–Crippen LogP) is 5.03. The van der Waals surface area contributed by atoms with E-state index in [1.54, 1.807) is 31.1 Å². The Kier molecular flexibility index (Phi) is 7.56. The van der Waals surface area contributed by atoms with Gasteiger partial charge in [0.15, 0.2) is 0 Å². The van der Waals surface area contributed by atoms with E-state index in [1.165, 1.54) is 26.3 Å². The Hall–Kier alpha value is -1.70. The molecule has 0 spiro atoms. The van der Waals surface area contributed by atoms with Gasteiger partial charge < -0.3 is 19.2 Å². The first-order valence-corrected chi connectivity index (χ1v) is 13.5. The van der Waals surface area contributed by atoms with Crippen LogP contribution >= 0.6 is 45.2 Å². The average molecular weight is 689 g/mol. The SMILES string of the molecule is COc1cc(C)[nH]c(=O)c1CN(C)C(=O)c1cn(C(C)C2CCC(I)(I)CC2)c2ncncc12. The molecule has 1 unspecified atom stereocenters. The first-order valence-electron chi connectivity index (χ1n) is 11.3. The number of pyridine rings is 1. The highest BCUT2D eigenvalue weighted by Gasteiger charge is 2.34. The number of rotatable bonds is 6. The van der Waals surface area contributed by atoms with E-state index in [4.69, 9.17) is 4.74 Å². The van der Waals surface area contributed by atoms with E-state index in [-0.39, 0.29) is 24.1 Å². The average Bonchev–Trinajstić information content (AvgIpc) is 3.19. The van der Waals surface area contributed by atoms with E-state index in [2.05, 4.69) is 71.6 Å². The second kappa shape index (κ2) is 10.1. The fourth-order valence-electron chi connectivity index (χ4n) is 4.77. The molecule has 0 saturated heterocycles. The van der Waals surface area contributed by atoms with Crippen molar-refractivity contribution in [3.8, 4) is 5.75 Å². The fraction of sp³-hybridized carbons (Fsp3) is 0.500. The molecular formula is C24H29I2N5O3. The molecule has 3 aromatic heterocycles. The van der Waals surface area contributed by atoms with E-state index in [0.29, 0.717) is 29.9 Å². The Morgan fingerprint density at radius 2 is 2.09 bits per heavy atom. The van der Waals surface area contributed by atoms with Crippen molar-refractivity contribution >= 4 is 62.1 Å². The van der Waals surface area contributed by atoms with Crippen molar-refractivity contribution in [2.75, 3.05) is 14.2 Å². The number of carbonyl (C=O) groups is 1. The first kappa shape index (κ1) is 25.4. The Bertz CT molecular complexity index is 1260. The number of H-pyrrole nitrogens is 1. The summed E-state index contributed by atoms with van der Waals surface area (Å²) >= 11 is 5.13. The highest BCUT2D eigenvalue weighted by atomic mass is 127. The minimum absolute atomic E-state index is 0.129. The quantitative estimate of drug-likeness (QED) is 0.290. The van der Waals surface area contributed by atoms with Gasteiger partial charge in [0.2, 0.25) is 0 Å². The minimum Gasteiger partial charge on any atom is -0.496 e. The van der Waals surface area contributed by atoms with Crippen LogP contribution in [-0.2, 0) is 6.54 Å². The van der Waals surface area contributed by atoms with Crippen molar-refractivity contribution < 1.29 is 9.53 Å². The topological polar surface area (TPSA) is 93.1 Å². The molecule has 0 bridgehead atoms. The zero-order valence-electron chi connectivity index (χ0n) is 19.8. The molecule has 3 aromatic rings. The maximum absolute atomic E-state index is 13.5. The lowest BCUT2D eigenvalue weighted by atomic mass is 9.84. The number of methoxy groups -OCH3 is 1. The number of fused-ring (bicyclic) bond motifs is 1. The van der Waals surface area contributed by atoms with Crippen molar-refractivity contribution in [3.63, 3.8) is 0 Å². The molecule has 4 rings (SSSR count). The van der Waals surface area contributed by atoms with Gasteiger partial charge in [0.1, 0.15) is 17.7 Å². The standard InChI is InChI=1S/C24H29I2N5O3/c1-14-9-20(34-4)19(22(32)29-14)11-30(3)23(33)18-12-31(21-17(18)10-27-13-28-21)15(2)16-5-7-24(25,26)8-6-16/h9-10,12-13,15-16H,5-8,11H2,1-4H3,(H,29,32). The molecule has 10 heteroatoms. The summed E-state index contributed by atoms with van der Waals surface area (Å²) in [6.45, 7) is 4.14. The summed E-state index contributed by atoms with van der Waals surface area (Å²) in [5.74, 6) is 0.813. The number of aryl methyl sites for hydroxylation is 1. The molecule has 1 fully saturated rings. The van der Waals surface area contributed by atoms with Gasteiger partial charge in [0.05, 0.1) is 31.6 Å². The van der Waals surface area contributed by atoms with E-state index < -0.39 is 0 Å². The molecular weight excluding hydrogens is 660 g/mol. The van der Waals surface area contributed by atoms with Crippen LogP contribution in [0.15, 0.2) is 29.6 Å². The molecule has 0 aliphatic heterocycles. The van der Waals surface area contributed by atoms with Gasteiger partial charge in [-0.15, -0.1) is 0 Å². The van der Waals surface area contributed by atoms with E-state index >= 15 is 0 Å². The molecule has 1 saturated carbocycles. The third-order valence-electron chi connectivity index (χ3n) is 6.80. The van der Waals surface area contributed by atoms with E-state index in [0.717, 1.165) is 23.9 Å². The Morgan fingerprint density at radius 3 is 2.76 bits per heavy atom. The molecule has 34 heavy (non-hydrogen) atoms. The van der Waals surface area contributed by atoms with Crippen LogP contribution in [0.2, 0.25) is 0 Å². The van der Waals surface area contributed by atoms with Crippen LogP contribution in [-0.4, -0.2) is 45.9 Å². The number of amides is 1. The first-order chi connectivity index (χ1) is 16.1. The number of nitrogens with zero attached hydrogens (tertiary/aromatic N) is 4. The van der Waals surface area contributed by atoms with Gasteiger partial charge in [-0.1, -0.05) is 45.2 Å². The lowest BCUT2D eigenvalue weighted by Crippen LogP contribution is -2.30. The number of aromatic nitrogens is 4. The number of nitrogens with one attached hydrogen (secondary N) is 1. The second-order valence-corrected chi connectivity index (χ2v) is 15.3. The van der Waals surface area contributed by atoms with E-state index in [9.17, 15) is 9.59 Å². The van der Waals surface area contributed by atoms with Crippen LogP contribution in [0.5, 0.6) is 5.75 Å². The van der Waals surface area contributed by atoms with Gasteiger partial charge in [0, 0.05) is 31.2 Å². The van der Waals surface area contributed by atoms with Gasteiger partial charge in [-0.2, -0.15) is 0 Å². The van der Waals surface area contributed by atoms with Crippen LogP contribution in [0.25, 0.3) is 11.0 Å². The lowest BCUT2D eigenvalue weighted by molar-refractivity contribution is 0.0785. The van der Waals surface area contributed by atoms with Crippen molar-refractivity contribution in [1.82, 2.24) is 24.4 Å². The molecule has 1 aliphatic rings. The van der Waals surface area contributed by atoms with Crippen molar-refractivity contribution in [2.45, 2.75) is 53.5 Å². The van der Waals surface area contributed by atoms with Gasteiger partial charge in [-0.25, -0.2) is 9.97 Å². The minimum atomic E-state index is -0.255. The summed E-state index contributed by atoms with van der Waals surface area (Å²) in [7, 11) is 3.22. The van der Waals surface area contributed by atoms with Crippen LogP contribution in [0.4, 0.5) is 0 Å². The number of hydrogen-bond donors (Lipinski definition) is 1. The number of ether oxygens (including phenoxy) is 1. The molecule has 8 nitrogen and oxygen atoms in total. The van der Waals surface area contributed by atoms with Crippen LogP contribution < -0.4 is 10.3 Å². The Morgan fingerprint density at radius 1 is 1.38 bits per heavy atom. The highest BCUT2D eigenvalue weighted by molar-refractivity contribution is 14.2. The Balaban J connectivity index is 1.64. The van der Waals surface area contributed by atoms with Gasteiger partial charge in [-0.3, -0.25) is 9.59 Å². The number of carbonyl (C=O) groups excluding carboxylic acids is 1. The molecule has 0 radical (unpaired) electrons. The fourth-order valence-corrected chi connectivity index (χ4v) is 6.02. The van der Waals surface area contributed by atoms with E-state index in [1.807, 2.05) is 6.20 Å². The molecule has 1 amide bonds. The zero-order valence-corrected chi connectivity index (χ0v) is 24.1. The molecule has 0 aromatic carbocycles. The van der Waals surface area contributed by atoms with Gasteiger partial charge >= 0.3 is 0 Å². The Labute approximate surface area is 226 Å². The lowest BCUT2D eigenvalue weighted by Gasteiger charge is -2.35. The highest BCUT2D eigenvalue weighted by Crippen LogP contribution is 2.47. The molecule has 3 heterocycles. The maximum atomic E-state index is 13.5. The maximum Gasteiger partial charge on any atom is 0.256 e. The monoisotopic (exact) mass is 689 g/mol. The predicted molar refractivity (Wildman–Crippen MR) is 149 cm³/mol. The summed E-state index contributed by atoms with van der Waals surface area (Å²) in [4.78, 5) is 39.1. The molecule has 182 valence electrons. The summed E-state index contributed by atoms with van der Waals surface area (Å²) in [5, 5.41) is 0.726. The van der Waals surface area contributed by atoms with Crippen LogP contribution in [0.3, 0.4) is 0 Å². The second-order valence-electron chi connectivity index (χ2n) is 9.13. The number of aromatic amines is 1. The number of halogens is 2. The van der Waals surface area contributed by atoms with Crippen molar-refractivity contribution in [1.29, 1.82) is 0 Å². The molecule has 1 atom stereocenters. The smallest absolute Gasteiger partial charge is 0.256 e. The summed E-state index contributed by atoms with van der Waals surface area (Å²) in [5.41, 5.74) is 2.18. The summed E-state index contributed by atoms with van der Waals surface area (Å²) in [6, 6.07) is 1.98. The van der Waals surface area contributed by atoms with Crippen LogP contribution in [0.1, 0.15) is 60.3 Å².